The molecular weight excluding hydrogens is 184 g/mol. The molecule has 0 spiro atoms. The van der Waals surface area contributed by atoms with Crippen LogP contribution in [0.4, 0.5) is 0 Å². The van der Waals surface area contributed by atoms with Crippen LogP contribution in [0, 0.1) is 6.92 Å². The minimum absolute atomic E-state index is 0.904. The molecule has 3 rings (SSSR count). The smallest absolute Gasteiger partial charge is 0.0965 e. The van der Waals surface area contributed by atoms with Gasteiger partial charge in [-0.15, -0.1) is 0 Å². The summed E-state index contributed by atoms with van der Waals surface area (Å²) in [6.45, 7) is 4.03. The highest BCUT2D eigenvalue weighted by Crippen LogP contribution is 2.25. The molecule has 0 N–H and O–H groups in total. The van der Waals surface area contributed by atoms with Crippen molar-refractivity contribution < 1.29 is 0 Å². The quantitative estimate of drug-likeness (QED) is 0.513. The third-order valence-corrected chi connectivity index (χ3v) is 2.57. The molecule has 0 fully saturated rings. The van der Waals surface area contributed by atoms with Gasteiger partial charge in [0, 0.05) is 17.8 Å². The van der Waals surface area contributed by atoms with Crippen LogP contribution in [0.25, 0.3) is 21.8 Å². The summed E-state index contributed by atoms with van der Waals surface area (Å²) in [7, 11) is 0. The second-order valence-corrected chi connectivity index (χ2v) is 3.51. The van der Waals surface area contributed by atoms with Gasteiger partial charge in [0.15, 0.2) is 0 Å². The van der Waals surface area contributed by atoms with Crippen LogP contribution in [-0.2, 0) is 0 Å². The fourth-order valence-corrected chi connectivity index (χ4v) is 1.87. The van der Waals surface area contributed by atoms with Crippen LogP contribution in [0.3, 0.4) is 0 Å². The monoisotopic (exact) mass is 193 g/mol. The van der Waals surface area contributed by atoms with E-state index >= 15 is 0 Å². The Hall–Kier alpha value is -1.96. The molecule has 0 aliphatic carbocycles. The molecule has 0 amide bonds. The van der Waals surface area contributed by atoms with E-state index < -0.39 is 0 Å². The highest BCUT2D eigenvalue weighted by atomic mass is 14.8. The van der Waals surface area contributed by atoms with E-state index in [1.54, 1.807) is 12.4 Å². The van der Waals surface area contributed by atoms with E-state index in [1.165, 1.54) is 0 Å². The normalized spacial score (nSPS) is 11.0. The maximum atomic E-state index is 4.36. The van der Waals surface area contributed by atoms with Gasteiger partial charge in [0.1, 0.15) is 0 Å². The van der Waals surface area contributed by atoms with E-state index in [9.17, 15) is 0 Å². The molecule has 0 saturated carbocycles. The first-order chi connectivity index (χ1) is 7.36. The molecule has 2 nitrogen and oxygen atoms in total. The lowest BCUT2D eigenvalue weighted by Crippen LogP contribution is -1.86. The van der Waals surface area contributed by atoms with Crippen molar-refractivity contribution in [3.05, 3.63) is 55.2 Å². The molecule has 3 aromatic rings. The van der Waals surface area contributed by atoms with Crippen molar-refractivity contribution in [2.75, 3.05) is 0 Å². The van der Waals surface area contributed by atoms with Gasteiger partial charge < -0.3 is 0 Å². The van der Waals surface area contributed by atoms with Crippen molar-refractivity contribution in [3.63, 3.8) is 0 Å². The molecule has 0 saturated heterocycles. The van der Waals surface area contributed by atoms with Crippen LogP contribution in [0.15, 0.2) is 42.7 Å². The molecule has 71 valence electrons. The number of rotatable bonds is 0. The number of hydrogen-bond donors (Lipinski definition) is 0. The Kier molecular flexibility index (Phi) is 1.68. The lowest BCUT2D eigenvalue weighted by molar-refractivity contribution is 1.30. The summed E-state index contributed by atoms with van der Waals surface area (Å²) >= 11 is 0. The first-order valence-corrected chi connectivity index (χ1v) is 4.81. The molecule has 0 unspecified atom stereocenters. The fourth-order valence-electron chi connectivity index (χ4n) is 1.87. The van der Waals surface area contributed by atoms with Gasteiger partial charge in [-0.1, -0.05) is 24.3 Å². The van der Waals surface area contributed by atoms with Crippen molar-refractivity contribution in [3.8, 4) is 0 Å². The van der Waals surface area contributed by atoms with Crippen LogP contribution >= 0.6 is 0 Å². The number of aromatic nitrogens is 2. The van der Waals surface area contributed by atoms with E-state index in [-0.39, 0.29) is 0 Å². The summed E-state index contributed by atoms with van der Waals surface area (Å²) in [4.78, 5) is 8.65. The van der Waals surface area contributed by atoms with Gasteiger partial charge in [-0.05, 0) is 23.9 Å². The van der Waals surface area contributed by atoms with Crippen LogP contribution in [0.2, 0.25) is 0 Å². The lowest BCUT2D eigenvalue weighted by atomic mass is 10.0. The Morgan fingerprint density at radius 3 is 2.53 bits per heavy atom. The molecule has 0 bridgehead atoms. The Labute approximate surface area is 87.6 Å². The van der Waals surface area contributed by atoms with Gasteiger partial charge in [-0.3, -0.25) is 9.97 Å². The van der Waals surface area contributed by atoms with Gasteiger partial charge in [0.25, 0.3) is 0 Å². The highest BCUT2D eigenvalue weighted by Gasteiger charge is 2.03. The van der Waals surface area contributed by atoms with Gasteiger partial charge >= 0.3 is 0 Å². The lowest BCUT2D eigenvalue weighted by Gasteiger charge is -2.04. The molecule has 0 aliphatic heterocycles. The van der Waals surface area contributed by atoms with Crippen LogP contribution < -0.4 is 0 Å². The standard InChI is InChI=1S/C13H9N2/c1-9-8-12-13(15-7-6-14-12)11-5-3-2-4-10(9)11/h2-8H,1H2. The second kappa shape index (κ2) is 3.02. The first kappa shape index (κ1) is 8.36. The average molecular weight is 193 g/mol. The van der Waals surface area contributed by atoms with Crippen LogP contribution in [0.1, 0.15) is 5.56 Å². The van der Waals surface area contributed by atoms with Crippen LogP contribution in [0.5, 0.6) is 0 Å². The minimum atomic E-state index is 0.904. The predicted molar refractivity (Wildman–Crippen MR) is 61.5 cm³/mol. The largest absolute Gasteiger partial charge is 0.253 e. The summed E-state index contributed by atoms with van der Waals surface area (Å²) in [5.74, 6) is 0. The van der Waals surface area contributed by atoms with Crippen molar-refractivity contribution in [1.29, 1.82) is 0 Å². The minimum Gasteiger partial charge on any atom is -0.253 e. The van der Waals surface area contributed by atoms with Gasteiger partial charge in [0.05, 0.1) is 11.0 Å². The summed E-state index contributed by atoms with van der Waals surface area (Å²) in [5, 5.41) is 2.26. The van der Waals surface area contributed by atoms with Crippen molar-refractivity contribution >= 4 is 21.8 Å². The molecule has 1 aromatic heterocycles. The second-order valence-electron chi connectivity index (χ2n) is 3.51. The Balaban J connectivity index is 2.64. The van der Waals surface area contributed by atoms with Crippen LogP contribution in [-0.4, -0.2) is 9.97 Å². The van der Waals surface area contributed by atoms with Gasteiger partial charge in [-0.25, -0.2) is 0 Å². The Morgan fingerprint density at radius 1 is 0.933 bits per heavy atom. The van der Waals surface area contributed by atoms with Gasteiger partial charge in [0.2, 0.25) is 0 Å². The van der Waals surface area contributed by atoms with Crippen molar-refractivity contribution in [1.82, 2.24) is 9.97 Å². The zero-order chi connectivity index (χ0) is 10.3. The van der Waals surface area contributed by atoms with E-state index in [2.05, 4.69) is 29.0 Å². The molecule has 1 radical (unpaired) electrons. The number of fused-ring (bicyclic) bond motifs is 3. The third-order valence-electron chi connectivity index (χ3n) is 2.57. The molecule has 2 heteroatoms. The summed E-state index contributed by atoms with van der Waals surface area (Å²) < 4.78 is 0. The summed E-state index contributed by atoms with van der Waals surface area (Å²) in [6, 6.07) is 10.1. The maximum absolute atomic E-state index is 4.36. The summed E-state index contributed by atoms with van der Waals surface area (Å²) in [6.07, 6.45) is 3.42. The van der Waals surface area contributed by atoms with E-state index in [4.69, 9.17) is 0 Å². The zero-order valence-electron chi connectivity index (χ0n) is 8.14. The SMILES string of the molecule is [CH2]c1cc2nccnc2c2ccccc12. The Morgan fingerprint density at radius 2 is 1.67 bits per heavy atom. The topological polar surface area (TPSA) is 25.8 Å². The molecule has 2 aromatic carbocycles. The molecular formula is C13H9N2. The summed E-state index contributed by atoms with van der Waals surface area (Å²) in [5.41, 5.74) is 2.85. The average Bonchev–Trinajstić information content (AvgIpc) is 2.30. The number of benzene rings is 2. The molecule has 0 atom stereocenters. The number of nitrogens with zero attached hydrogens (tertiary/aromatic N) is 2. The van der Waals surface area contributed by atoms with E-state index in [0.29, 0.717) is 0 Å². The van der Waals surface area contributed by atoms with Crippen molar-refractivity contribution in [2.45, 2.75) is 0 Å². The fraction of sp³-hybridized carbons (Fsp3) is 0. The van der Waals surface area contributed by atoms with E-state index in [0.717, 1.165) is 27.4 Å². The number of hydrogen-bond acceptors (Lipinski definition) is 2. The molecule has 15 heavy (non-hydrogen) atoms. The first-order valence-electron chi connectivity index (χ1n) is 4.81. The molecule has 1 heterocycles. The zero-order valence-corrected chi connectivity index (χ0v) is 8.14. The predicted octanol–water partition coefficient (Wildman–Crippen LogP) is 2.97. The highest BCUT2D eigenvalue weighted by molar-refractivity contribution is 6.05. The maximum Gasteiger partial charge on any atom is 0.0965 e. The third kappa shape index (κ3) is 1.18. The van der Waals surface area contributed by atoms with Gasteiger partial charge in [-0.2, -0.15) is 0 Å². The molecule has 0 aliphatic rings. The van der Waals surface area contributed by atoms with E-state index in [1.807, 2.05) is 18.2 Å². The van der Waals surface area contributed by atoms with Crippen molar-refractivity contribution in [2.24, 2.45) is 0 Å². The Bertz CT molecular complexity index is 644.